The Kier molecular flexibility index (Phi) is 5.70. The zero-order chi connectivity index (χ0) is 19.8. The molecule has 27 heavy (non-hydrogen) atoms. The molecular formula is C26H37N. The predicted octanol–water partition coefficient (Wildman–Crippen LogP) is 6.63. The second-order valence-electron chi connectivity index (χ2n) is 9.91. The van der Waals surface area contributed by atoms with Crippen LogP contribution in [-0.2, 0) is 19.3 Å². The SMILES string of the molecule is C=C(/C=C1\NC(C(C)C)Cc2cc(CCC(C)(C)C)c(CC)cc21)C1=CC1. The monoisotopic (exact) mass is 363 g/mol. The topological polar surface area (TPSA) is 12.0 Å². The summed E-state index contributed by atoms with van der Waals surface area (Å²) in [5, 5.41) is 3.82. The number of fused-ring (bicyclic) bond motifs is 1. The van der Waals surface area contributed by atoms with Crippen molar-refractivity contribution < 1.29 is 0 Å². The van der Waals surface area contributed by atoms with Crippen LogP contribution in [0.25, 0.3) is 5.70 Å². The second-order valence-corrected chi connectivity index (χ2v) is 9.91. The van der Waals surface area contributed by atoms with Crippen LogP contribution in [0, 0.1) is 11.3 Å². The van der Waals surface area contributed by atoms with E-state index in [9.17, 15) is 0 Å². The van der Waals surface area contributed by atoms with Gasteiger partial charge in [-0.2, -0.15) is 0 Å². The molecule has 1 atom stereocenters. The van der Waals surface area contributed by atoms with E-state index in [1.54, 1.807) is 5.56 Å². The highest BCUT2D eigenvalue weighted by Crippen LogP contribution is 2.35. The molecule has 146 valence electrons. The van der Waals surface area contributed by atoms with Crippen molar-refractivity contribution in [1.29, 1.82) is 0 Å². The minimum Gasteiger partial charge on any atom is -0.381 e. The van der Waals surface area contributed by atoms with Gasteiger partial charge in [0.15, 0.2) is 0 Å². The minimum atomic E-state index is 0.379. The smallest absolute Gasteiger partial charge is 0.0424 e. The highest BCUT2D eigenvalue weighted by Gasteiger charge is 2.26. The molecule has 0 spiro atoms. The van der Waals surface area contributed by atoms with Gasteiger partial charge in [-0.15, -0.1) is 0 Å². The van der Waals surface area contributed by atoms with Gasteiger partial charge in [-0.25, -0.2) is 0 Å². The Labute approximate surface area is 166 Å². The minimum absolute atomic E-state index is 0.379. The Hall–Kier alpha value is -1.76. The zero-order valence-corrected chi connectivity index (χ0v) is 18.2. The molecule has 0 bridgehead atoms. The molecule has 0 saturated heterocycles. The summed E-state index contributed by atoms with van der Waals surface area (Å²) < 4.78 is 0. The van der Waals surface area contributed by atoms with E-state index in [1.165, 1.54) is 46.4 Å². The lowest BCUT2D eigenvalue weighted by Crippen LogP contribution is -2.38. The molecule has 1 nitrogen and oxygen atoms in total. The number of nitrogens with one attached hydrogen (secondary N) is 1. The molecule has 0 fully saturated rings. The summed E-state index contributed by atoms with van der Waals surface area (Å²) in [7, 11) is 0. The predicted molar refractivity (Wildman–Crippen MR) is 119 cm³/mol. The zero-order valence-electron chi connectivity index (χ0n) is 18.2. The average Bonchev–Trinajstić information content (AvgIpc) is 3.43. The molecule has 0 aromatic heterocycles. The highest BCUT2D eigenvalue weighted by molar-refractivity contribution is 5.74. The Balaban J connectivity index is 1.99. The molecule has 1 N–H and O–H groups in total. The van der Waals surface area contributed by atoms with Crippen molar-refractivity contribution in [1.82, 2.24) is 5.32 Å². The van der Waals surface area contributed by atoms with Crippen LogP contribution in [0.1, 0.15) is 76.6 Å². The lowest BCUT2D eigenvalue weighted by molar-refractivity contribution is 0.377. The van der Waals surface area contributed by atoms with E-state index in [2.05, 4.69) is 77.7 Å². The van der Waals surface area contributed by atoms with Gasteiger partial charge in [-0.1, -0.05) is 60.3 Å². The van der Waals surface area contributed by atoms with Gasteiger partial charge in [0.25, 0.3) is 0 Å². The van der Waals surface area contributed by atoms with Crippen LogP contribution in [0.15, 0.2) is 42.0 Å². The number of benzene rings is 1. The number of rotatable bonds is 6. The van der Waals surface area contributed by atoms with Gasteiger partial charge < -0.3 is 5.32 Å². The third kappa shape index (κ3) is 4.94. The summed E-state index contributed by atoms with van der Waals surface area (Å²) in [6, 6.07) is 5.47. The first-order valence-corrected chi connectivity index (χ1v) is 10.7. The normalized spacial score (nSPS) is 20.3. The molecule has 0 amide bonds. The number of hydrogen-bond acceptors (Lipinski definition) is 1. The van der Waals surface area contributed by atoms with Crippen LogP contribution in [0.5, 0.6) is 0 Å². The van der Waals surface area contributed by atoms with E-state index in [-0.39, 0.29) is 0 Å². The van der Waals surface area contributed by atoms with E-state index in [4.69, 9.17) is 0 Å². The average molecular weight is 364 g/mol. The van der Waals surface area contributed by atoms with E-state index in [0.717, 1.165) is 19.3 Å². The second kappa shape index (κ2) is 7.70. The number of aryl methyl sites for hydroxylation is 2. The van der Waals surface area contributed by atoms with Gasteiger partial charge in [0.2, 0.25) is 0 Å². The van der Waals surface area contributed by atoms with Crippen molar-refractivity contribution in [3.8, 4) is 0 Å². The third-order valence-corrected chi connectivity index (χ3v) is 5.97. The van der Waals surface area contributed by atoms with Gasteiger partial charge in [0.05, 0.1) is 0 Å². The summed E-state index contributed by atoms with van der Waals surface area (Å²) in [5.41, 5.74) is 10.2. The summed E-state index contributed by atoms with van der Waals surface area (Å²) in [6.07, 6.45) is 10.3. The molecule has 1 aromatic carbocycles. The van der Waals surface area contributed by atoms with Crippen molar-refractivity contribution >= 4 is 5.70 Å². The Morgan fingerprint density at radius 3 is 2.52 bits per heavy atom. The molecule has 1 aliphatic heterocycles. The van der Waals surface area contributed by atoms with Gasteiger partial charge in [-0.3, -0.25) is 0 Å². The van der Waals surface area contributed by atoms with E-state index in [1.807, 2.05) is 0 Å². The Morgan fingerprint density at radius 2 is 1.96 bits per heavy atom. The van der Waals surface area contributed by atoms with Crippen LogP contribution in [0.4, 0.5) is 0 Å². The van der Waals surface area contributed by atoms with E-state index >= 15 is 0 Å². The largest absolute Gasteiger partial charge is 0.381 e. The fourth-order valence-electron chi connectivity index (χ4n) is 3.90. The van der Waals surface area contributed by atoms with Crippen LogP contribution in [-0.4, -0.2) is 6.04 Å². The lowest BCUT2D eigenvalue weighted by atomic mass is 9.82. The van der Waals surface area contributed by atoms with Crippen molar-refractivity contribution in [2.75, 3.05) is 0 Å². The molecule has 3 rings (SSSR count). The molecule has 0 saturated carbocycles. The molecular weight excluding hydrogens is 326 g/mol. The quantitative estimate of drug-likeness (QED) is 0.598. The van der Waals surface area contributed by atoms with Gasteiger partial charge in [0, 0.05) is 17.3 Å². The molecule has 1 heteroatoms. The first-order valence-electron chi connectivity index (χ1n) is 10.7. The van der Waals surface area contributed by atoms with Crippen LogP contribution in [0.2, 0.25) is 0 Å². The summed E-state index contributed by atoms with van der Waals surface area (Å²) in [4.78, 5) is 0. The van der Waals surface area contributed by atoms with Gasteiger partial charge >= 0.3 is 0 Å². The van der Waals surface area contributed by atoms with Crippen molar-refractivity contribution in [2.45, 2.75) is 79.7 Å². The summed E-state index contributed by atoms with van der Waals surface area (Å²) in [6.45, 7) is 18.2. The van der Waals surface area contributed by atoms with E-state index in [0.29, 0.717) is 17.4 Å². The maximum Gasteiger partial charge on any atom is 0.0424 e. The van der Waals surface area contributed by atoms with Crippen molar-refractivity contribution in [2.24, 2.45) is 11.3 Å². The Bertz CT molecular complexity index is 783. The first kappa shape index (κ1) is 20.0. The maximum atomic E-state index is 4.29. The molecule has 1 heterocycles. The molecule has 1 aliphatic carbocycles. The molecule has 0 radical (unpaired) electrons. The van der Waals surface area contributed by atoms with Crippen molar-refractivity contribution in [3.05, 3.63) is 64.3 Å². The number of hydrogen-bond donors (Lipinski definition) is 1. The lowest BCUT2D eigenvalue weighted by Gasteiger charge is -2.33. The highest BCUT2D eigenvalue weighted by atomic mass is 14.9. The first-order chi connectivity index (χ1) is 12.7. The molecule has 1 unspecified atom stereocenters. The molecule has 1 aromatic rings. The summed E-state index contributed by atoms with van der Waals surface area (Å²) >= 11 is 0. The van der Waals surface area contributed by atoms with Gasteiger partial charge in [-0.05, 0) is 83.4 Å². The fraction of sp³-hybridized carbons (Fsp3) is 0.538. The third-order valence-electron chi connectivity index (χ3n) is 5.97. The van der Waals surface area contributed by atoms with Gasteiger partial charge in [0.1, 0.15) is 0 Å². The number of allylic oxidation sites excluding steroid dienone is 4. The van der Waals surface area contributed by atoms with E-state index < -0.39 is 0 Å². The molecule has 2 aliphatic rings. The summed E-state index contributed by atoms with van der Waals surface area (Å²) in [5.74, 6) is 0.610. The van der Waals surface area contributed by atoms with Crippen LogP contribution < -0.4 is 5.32 Å². The fourth-order valence-corrected chi connectivity index (χ4v) is 3.90. The van der Waals surface area contributed by atoms with Crippen LogP contribution in [0.3, 0.4) is 0 Å². The van der Waals surface area contributed by atoms with Crippen molar-refractivity contribution in [3.63, 3.8) is 0 Å². The Morgan fingerprint density at radius 1 is 1.26 bits per heavy atom. The standard InChI is InChI=1S/C26H37N/c1-8-19-15-23-22(14-21(19)11-12-26(5,6)7)16-24(17(2)3)27-25(23)13-18(4)20-9-10-20/h9,13-15,17,24,27H,4,8,10-12,16H2,1-3,5-7H3/b25-13-. The van der Waals surface area contributed by atoms with Crippen LogP contribution >= 0.6 is 0 Å². The maximum absolute atomic E-state index is 4.29.